The van der Waals surface area contributed by atoms with E-state index in [9.17, 15) is 4.79 Å². The van der Waals surface area contributed by atoms with Gasteiger partial charge in [0.15, 0.2) is 0 Å². The molecule has 1 fully saturated rings. The second-order valence-electron chi connectivity index (χ2n) is 9.37. The summed E-state index contributed by atoms with van der Waals surface area (Å²) in [5.41, 5.74) is 5.57. The van der Waals surface area contributed by atoms with Gasteiger partial charge in [-0.05, 0) is 57.1 Å². The van der Waals surface area contributed by atoms with E-state index in [-0.39, 0.29) is 5.91 Å². The Morgan fingerprint density at radius 2 is 1.97 bits per heavy atom. The van der Waals surface area contributed by atoms with Gasteiger partial charge in [0.25, 0.3) is 5.91 Å². The zero-order valence-corrected chi connectivity index (χ0v) is 20.3. The normalized spacial score (nSPS) is 16.9. The Kier molecular flexibility index (Phi) is 6.50. The number of allylic oxidation sites excluding steroid dienone is 1. The monoisotopic (exact) mass is 459 g/mol. The van der Waals surface area contributed by atoms with Crippen molar-refractivity contribution in [2.45, 2.75) is 77.3 Å². The zero-order chi connectivity index (χ0) is 22.8. The number of fused-ring (bicyclic) bond motifs is 2. The smallest absolute Gasteiger partial charge is 0.254 e. The third kappa shape index (κ3) is 4.31. The molecule has 0 saturated heterocycles. The predicted molar refractivity (Wildman–Crippen MR) is 139 cm³/mol. The van der Waals surface area contributed by atoms with Gasteiger partial charge < -0.3 is 9.88 Å². The van der Waals surface area contributed by atoms with E-state index >= 15 is 0 Å². The summed E-state index contributed by atoms with van der Waals surface area (Å²) in [5.74, 6) is 0.0826. The predicted octanol–water partition coefficient (Wildman–Crippen LogP) is 6.89. The first kappa shape index (κ1) is 22.1. The van der Waals surface area contributed by atoms with Crippen molar-refractivity contribution < 1.29 is 4.79 Å². The van der Waals surface area contributed by atoms with E-state index in [2.05, 4.69) is 47.7 Å². The first-order chi connectivity index (χ1) is 16.2. The lowest BCUT2D eigenvalue weighted by atomic mass is 9.93. The average Bonchev–Trinajstić information content (AvgIpc) is 3.34. The number of carbonyl (C=O) groups excluding carboxylic acids is 1. The molecule has 4 nitrogen and oxygen atoms in total. The molecule has 0 bridgehead atoms. The van der Waals surface area contributed by atoms with Crippen molar-refractivity contribution in [3.8, 4) is 0 Å². The summed E-state index contributed by atoms with van der Waals surface area (Å²) < 4.78 is 2.28. The van der Waals surface area contributed by atoms with Gasteiger partial charge in [0.05, 0.1) is 5.56 Å². The highest BCUT2D eigenvalue weighted by molar-refractivity contribution is 7.16. The number of benzene rings is 1. The van der Waals surface area contributed by atoms with Crippen LogP contribution in [0.4, 0.5) is 5.00 Å². The van der Waals surface area contributed by atoms with Crippen LogP contribution < -0.4 is 5.32 Å². The lowest BCUT2D eigenvalue weighted by Gasteiger charge is -2.23. The van der Waals surface area contributed by atoms with E-state index in [1.54, 1.807) is 11.3 Å². The topological polar surface area (TPSA) is 46.4 Å². The van der Waals surface area contributed by atoms with Gasteiger partial charge in [-0.1, -0.05) is 43.5 Å². The van der Waals surface area contributed by atoms with Crippen LogP contribution in [0.15, 0.2) is 41.9 Å². The molecule has 0 radical (unpaired) electrons. The maximum absolute atomic E-state index is 13.5. The van der Waals surface area contributed by atoms with Crippen molar-refractivity contribution in [2.24, 2.45) is 4.99 Å². The van der Waals surface area contributed by atoms with Gasteiger partial charge in [0.2, 0.25) is 0 Å². The maximum atomic E-state index is 13.5. The standard InChI is InChI=1S/C28H33N3OS/c1-3-17-31-19(2)23(21-13-7-9-15-24(21)31)18-29-28-26(22-14-8-10-16-25(22)33-28)27(32)30-20-11-5-4-6-12-20/h3,7,9,13,15,18,20H,1,4-6,8,10-12,14,16-17H2,2H3,(H,30,32)/b29-18+. The SMILES string of the molecule is C=CCn1c(C)c(/C=N/c2sc3c(c2C(=O)NC2CCCCC2)CCCC3)c2ccccc21. The average molecular weight is 460 g/mol. The van der Waals surface area contributed by atoms with Gasteiger partial charge in [-0.2, -0.15) is 0 Å². The highest BCUT2D eigenvalue weighted by Gasteiger charge is 2.27. The van der Waals surface area contributed by atoms with Crippen LogP contribution in [0.5, 0.6) is 0 Å². The molecule has 2 aliphatic carbocycles. The summed E-state index contributed by atoms with van der Waals surface area (Å²) in [4.78, 5) is 19.8. The molecule has 33 heavy (non-hydrogen) atoms. The zero-order valence-electron chi connectivity index (χ0n) is 19.5. The van der Waals surface area contributed by atoms with Gasteiger partial charge in [-0.15, -0.1) is 17.9 Å². The minimum atomic E-state index is 0.0826. The Morgan fingerprint density at radius 3 is 2.79 bits per heavy atom. The third-order valence-electron chi connectivity index (χ3n) is 7.22. The second-order valence-corrected chi connectivity index (χ2v) is 10.5. The van der Waals surface area contributed by atoms with Crippen LogP contribution in [0.1, 0.15) is 77.0 Å². The summed E-state index contributed by atoms with van der Waals surface area (Å²) >= 11 is 1.72. The van der Waals surface area contributed by atoms with Crippen molar-refractivity contribution in [3.05, 3.63) is 64.2 Å². The fourth-order valence-corrected chi connectivity index (χ4v) is 6.72. The maximum Gasteiger partial charge on any atom is 0.254 e. The number of thiophene rings is 1. The minimum absolute atomic E-state index is 0.0826. The van der Waals surface area contributed by atoms with E-state index in [0.29, 0.717) is 6.04 Å². The van der Waals surface area contributed by atoms with E-state index in [1.807, 2.05) is 12.3 Å². The van der Waals surface area contributed by atoms with Crippen LogP contribution in [0.3, 0.4) is 0 Å². The molecule has 5 heteroatoms. The molecule has 2 aromatic heterocycles. The molecule has 172 valence electrons. The van der Waals surface area contributed by atoms with Crippen LogP contribution in [0, 0.1) is 6.92 Å². The highest BCUT2D eigenvalue weighted by Crippen LogP contribution is 2.40. The molecule has 3 aromatic rings. The number of carbonyl (C=O) groups is 1. The number of rotatable bonds is 6. The number of amides is 1. The summed E-state index contributed by atoms with van der Waals surface area (Å²) in [6.45, 7) is 6.83. The Morgan fingerprint density at radius 1 is 1.18 bits per heavy atom. The number of aryl methyl sites for hydroxylation is 1. The summed E-state index contributed by atoms with van der Waals surface area (Å²) in [6.07, 6.45) is 14.2. The highest BCUT2D eigenvalue weighted by atomic mass is 32.1. The summed E-state index contributed by atoms with van der Waals surface area (Å²) in [6, 6.07) is 8.75. The van der Waals surface area contributed by atoms with E-state index in [1.165, 1.54) is 52.7 Å². The molecule has 0 unspecified atom stereocenters. The van der Waals surface area contributed by atoms with Gasteiger partial charge in [0.1, 0.15) is 5.00 Å². The summed E-state index contributed by atoms with van der Waals surface area (Å²) in [5, 5.41) is 5.41. The van der Waals surface area contributed by atoms with Gasteiger partial charge in [-0.3, -0.25) is 4.79 Å². The first-order valence-corrected chi connectivity index (χ1v) is 13.2. The number of hydrogen-bond acceptors (Lipinski definition) is 3. The van der Waals surface area contributed by atoms with Gasteiger partial charge in [-0.25, -0.2) is 4.99 Å². The Labute approximate surface area is 200 Å². The molecule has 2 heterocycles. The van der Waals surface area contributed by atoms with Crippen molar-refractivity contribution in [2.75, 3.05) is 0 Å². The largest absolute Gasteiger partial charge is 0.349 e. The molecule has 0 spiro atoms. The van der Waals surface area contributed by atoms with Crippen molar-refractivity contribution >= 4 is 39.4 Å². The van der Waals surface area contributed by atoms with Gasteiger partial charge >= 0.3 is 0 Å². The second kappa shape index (κ2) is 9.68. The number of nitrogens with one attached hydrogen (secondary N) is 1. The molecule has 1 aromatic carbocycles. The fourth-order valence-electron chi connectivity index (χ4n) is 5.49. The van der Waals surface area contributed by atoms with Crippen molar-refractivity contribution in [1.82, 2.24) is 9.88 Å². The van der Waals surface area contributed by atoms with Crippen LogP contribution in [0.25, 0.3) is 10.9 Å². The molecule has 0 atom stereocenters. The molecule has 1 amide bonds. The van der Waals surface area contributed by atoms with Crippen LogP contribution in [0.2, 0.25) is 0 Å². The van der Waals surface area contributed by atoms with E-state index < -0.39 is 0 Å². The van der Waals surface area contributed by atoms with Crippen molar-refractivity contribution in [1.29, 1.82) is 0 Å². The Balaban J connectivity index is 1.52. The molecular formula is C28H33N3OS. The lowest BCUT2D eigenvalue weighted by Crippen LogP contribution is -2.36. The van der Waals surface area contributed by atoms with Gasteiger partial charge in [0, 0.05) is 45.8 Å². The molecule has 2 aliphatic rings. The molecule has 5 rings (SSSR count). The minimum Gasteiger partial charge on any atom is -0.349 e. The molecule has 0 aliphatic heterocycles. The van der Waals surface area contributed by atoms with Crippen LogP contribution in [-0.4, -0.2) is 22.7 Å². The third-order valence-corrected chi connectivity index (χ3v) is 8.42. The quantitative estimate of drug-likeness (QED) is 0.317. The number of nitrogens with zero attached hydrogens (tertiary/aromatic N) is 2. The number of para-hydroxylation sites is 1. The number of hydrogen-bond donors (Lipinski definition) is 1. The Bertz CT molecular complexity index is 1210. The Hall–Kier alpha value is -2.66. The van der Waals surface area contributed by atoms with E-state index in [0.717, 1.165) is 54.8 Å². The summed E-state index contributed by atoms with van der Waals surface area (Å²) in [7, 11) is 0. The molecular weight excluding hydrogens is 426 g/mol. The lowest BCUT2D eigenvalue weighted by molar-refractivity contribution is 0.0927. The molecule has 1 N–H and O–H groups in total. The first-order valence-electron chi connectivity index (χ1n) is 12.4. The van der Waals surface area contributed by atoms with Crippen molar-refractivity contribution in [3.63, 3.8) is 0 Å². The van der Waals surface area contributed by atoms with Crippen LogP contribution in [-0.2, 0) is 19.4 Å². The molecule has 1 saturated carbocycles. The van der Waals surface area contributed by atoms with Crippen LogP contribution >= 0.6 is 11.3 Å². The number of aliphatic imine (C=N–C) groups is 1. The van der Waals surface area contributed by atoms with E-state index in [4.69, 9.17) is 4.99 Å². The number of aromatic nitrogens is 1. The fraction of sp³-hybridized carbons (Fsp3) is 0.429.